The molecule has 136 valence electrons. The third-order valence-corrected chi connectivity index (χ3v) is 5.05. The predicted molar refractivity (Wildman–Crippen MR) is 97.5 cm³/mol. The number of aromatic nitrogens is 3. The molecule has 1 amide bonds. The number of thiazole rings is 1. The number of nitrogens with zero attached hydrogens (tertiary/aromatic N) is 3. The maximum Gasteiger partial charge on any atom is 0.307 e. The lowest BCUT2D eigenvalue weighted by Gasteiger charge is -2.19. The van der Waals surface area contributed by atoms with E-state index in [1.807, 2.05) is 18.5 Å². The number of amides is 1. The molecular weight excluding hydrogens is 355 g/mol. The summed E-state index contributed by atoms with van der Waals surface area (Å²) in [6.07, 6.45) is 3.60. The fraction of sp³-hybridized carbons (Fsp3) is 0.278. The van der Waals surface area contributed by atoms with Crippen LogP contribution < -0.4 is 10.2 Å². The number of halogens is 1. The normalized spacial score (nSPS) is 12.1. The van der Waals surface area contributed by atoms with Crippen molar-refractivity contribution in [2.75, 3.05) is 0 Å². The summed E-state index contributed by atoms with van der Waals surface area (Å²) in [6.45, 7) is 2.15. The third kappa shape index (κ3) is 3.91. The first-order valence-corrected chi connectivity index (χ1v) is 9.00. The molecule has 8 heteroatoms. The number of rotatable bonds is 6. The molecule has 0 radical (unpaired) electrons. The van der Waals surface area contributed by atoms with Crippen LogP contribution >= 0.6 is 11.3 Å². The van der Waals surface area contributed by atoms with Crippen molar-refractivity contribution in [1.82, 2.24) is 19.4 Å². The van der Waals surface area contributed by atoms with Gasteiger partial charge < -0.3 is 14.5 Å². The highest BCUT2D eigenvalue weighted by Gasteiger charge is 2.21. The van der Waals surface area contributed by atoms with Crippen molar-refractivity contribution in [3.8, 4) is 0 Å². The number of nitrogens with one attached hydrogen (secondary N) is 1. The summed E-state index contributed by atoms with van der Waals surface area (Å²) in [7, 11) is 1.83. The Kier molecular flexibility index (Phi) is 5.32. The quantitative estimate of drug-likeness (QED) is 0.720. The van der Waals surface area contributed by atoms with Crippen molar-refractivity contribution in [3.63, 3.8) is 0 Å². The lowest BCUT2D eigenvalue weighted by molar-refractivity contribution is -0.121. The van der Waals surface area contributed by atoms with Crippen molar-refractivity contribution in [3.05, 3.63) is 74.6 Å². The highest BCUT2D eigenvalue weighted by atomic mass is 32.1. The molecule has 0 aliphatic heterocycles. The summed E-state index contributed by atoms with van der Waals surface area (Å²) in [5.41, 5.74) is 1.57. The summed E-state index contributed by atoms with van der Waals surface area (Å²) >= 11 is 1.12. The Bertz CT molecular complexity index is 958. The summed E-state index contributed by atoms with van der Waals surface area (Å²) in [5, 5.41) is 4.71. The van der Waals surface area contributed by atoms with Crippen LogP contribution in [-0.4, -0.2) is 20.0 Å². The molecule has 1 atom stereocenters. The van der Waals surface area contributed by atoms with E-state index in [9.17, 15) is 14.0 Å². The van der Waals surface area contributed by atoms with Crippen LogP contribution in [0.15, 0.2) is 46.8 Å². The molecule has 1 aromatic carbocycles. The van der Waals surface area contributed by atoms with Crippen LogP contribution in [0, 0.1) is 12.7 Å². The molecule has 6 nitrogen and oxygen atoms in total. The minimum Gasteiger partial charge on any atom is -0.342 e. The van der Waals surface area contributed by atoms with E-state index in [1.165, 1.54) is 12.1 Å². The van der Waals surface area contributed by atoms with E-state index in [0.29, 0.717) is 12.4 Å². The van der Waals surface area contributed by atoms with Gasteiger partial charge in [-0.15, -0.1) is 0 Å². The van der Waals surface area contributed by atoms with Crippen LogP contribution in [0.5, 0.6) is 0 Å². The molecule has 1 N–H and O–H groups in total. The summed E-state index contributed by atoms with van der Waals surface area (Å²) in [4.78, 5) is 28.5. The SMILES string of the molecule is Cc1csc(=O)n1CCC(=O)NC(c1ccc(F)cc1)c1nccn1C. The number of hydrogen-bond donors (Lipinski definition) is 1. The highest BCUT2D eigenvalue weighted by Crippen LogP contribution is 2.21. The Morgan fingerprint density at radius 1 is 1.35 bits per heavy atom. The number of hydrogen-bond acceptors (Lipinski definition) is 4. The van der Waals surface area contributed by atoms with Crippen LogP contribution in [0.2, 0.25) is 0 Å². The Balaban J connectivity index is 1.77. The molecule has 3 rings (SSSR count). The van der Waals surface area contributed by atoms with Crippen molar-refractivity contribution < 1.29 is 9.18 Å². The second kappa shape index (κ2) is 7.65. The zero-order valence-corrected chi connectivity index (χ0v) is 15.3. The molecular formula is C18H19FN4O2S. The average molecular weight is 374 g/mol. The van der Waals surface area contributed by atoms with E-state index in [-0.39, 0.29) is 23.0 Å². The molecule has 2 heterocycles. The standard InChI is InChI=1S/C18H19FN4O2S/c1-12-11-26-18(25)23(12)9-7-15(24)21-16(17-20-8-10-22(17)2)13-3-5-14(19)6-4-13/h3-6,8,10-11,16H,7,9H2,1-2H3,(H,21,24). The molecule has 0 bridgehead atoms. The van der Waals surface area contributed by atoms with E-state index in [1.54, 1.807) is 34.5 Å². The topological polar surface area (TPSA) is 68.9 Å². The summed E-state index contributed by atoms with van der Waals surface area (Å²) < 4.78 is 16.6. The Labute approximate surface area is 153 Å². The van der Waals surface area contributed by atoms with Crippen molar-refractivity contribution in [1.29, 1.82) is 0 Å². The monoisotopic (exact) mass is 374 g/mol. The summed E-state index contributed by atoms with van der Waals surface area (Å²) in [5.74, 6) is 0.0969. The van der Waals surface area contributed by atoms with Gasteiger partial charge in [0.05, 0.1) is 0 Å². The third-order valence-electron chi connectivity index (χ3n) is 4.16. The van der Waals surface area contributed by atoms with Gasteiger partial charge in [-0.25, -0.2) is 9.37 Å². The minimum atomic E-state index is -0.497. The fourth-order valence-electron chi connectivity index (χ4n) is 2.73. The minimum absolute atomic E-state index is 0.0746. The molecule has 0 spiro atoms. The van der Waals surface area contributed by atoms with Gasteiger partial charge >= 0.3 is 4.87 Å². The predicted octanol–water partition coefficient (Wildman–Crippen LogP) is 2.39. The van der Waals surface area contributed by atoms with Gasteiger partial charge in [0.25, 0.3) is 0 Å². The second-order valence-electron chi connectivity index (χ2n) is 5.99. The zero-order chi connectivity index (χ0) is 18.7. The number of benzene rings is 1. The molecule has 0 aliphatic carbocycles. The number of imidazole rings is 1. The van der Waals surface area contributed by atoms with E-state index in [4.69, 9.17) is 0 Å². The van der Waals surface area contributed by atoms with E-state index >= 15 is 0 Å². The van der Waals surface area contributed by atoms with E-state index < -0.39 is 6.04 Å². The number of carbonyl (C=O) groups is 1. The zero-order valence-electron chi connectivity index (χ0n) is 14.5. The van der Waals surface area contributed by atoms with Crippen molar-refractivity contribution >= 4 is 17.2 Å². The van der Waals surface area contributed by atoms with Gasteiger partial charge in [-0.3, -0.25) is 9.59 Å². The van der Waals surface area contributed by atoms with Gasteiger partial charge in [-0.1, -0.05) is 23.5 Å². The van der Waals surface area contributed by atoms with Gasteiger partial charge in [0.15, 0.2) is 0 Å². The molecule has 2 aromatic heterocycles. The van der Waals surface area contributed by atoms with Crippen LogP contribution in [-0.2, 0) is 18.4 Å². The van der Waals surface area contributed by atoms with Crippen LogP contribution in [0.1, 0.15) is 29.5 Å². The molecule has 0 saturated carbocycles. The molecule has 0 saturated heterocycles. The molecule has 1 unspecified atom stereocenters. The van der Waals surface area contributed by atoms with Crippen molar-refractivity contribution in [2.24, 2.45) is 7.05 Å². The van der Waals surface area contributed by atoms with Gasteiger partial charge in [0, 0.05) is 43.5 Å². The molecule has 0 fully saturated rings. The van der Waals surface area contributed by atoms with Crippen molar-refractivity contribution in [2.45, 2.75) is 25.9 Å². The van der Waals surface area contributed by atoms with Crippen LogP contribution in [0.4, 0.5) is 4.39 Å². The molecule has 0 aliphatic rings. The highest BCUT2D eigenvalue weighted by molar-refractivity contribution is 7.07. The smallest absolute Gasteiger partial charge is 0.307 e. The Morgan fingerprint density at radius 3 is 2.65 bits per heavy atom. The van der Waals surface area contributed by atoms with E-state index in [0.717, 1.165) is 22.6 Å². The lowest BCUT2D eigenvalue weighted by Crippen LogP contribution is -2.32. The first-order chi connectivity index (χ1) is 12.5. The Morgan fingerprint density at radius 2 is 2.08 bits per heavy atom. The molecule has 3 aromatic rings. The first kappa shape index (κ1) is 18.1. The first-order valence-electron chi connectivity index (χ1n) is 8.12. The van der Waals surface area contributed by atoms with Gasteiger partial charge in [0.1, 0.15) is 17.7 Å². The Hall–Kier alpha value is -2.74. The van der Waals surface area contributed by atoms with E-state index in [2.05, 4.69) is 10.3 Å². The average Bonchev–Trinajstić information content (AvgIpc) is 3.17. The van der Waals surface area contributed by atoms with Gasteiger partial charge in [-0.2, -0.15) is 0 Å². The molecule has 26 heavy (non-hydrogen) atoms. The maximum atomic E-state index is 13.2. The largest absolute Gasteiger partial charge is 0.342 e. The van der Waals surface area contributed by atoms with Gasteiger partial charge in [-0.05, 0) is 24.6 Å². The lowest BCUT2D eigenvalue weighted by atomic mass is 10.1. The summed E-state index contributed by atoms with van der Waals surface area (Å²) in [6, 6.07) is 5.46. The maximum absolute atomic E-state index is 13.2. The second-order valence-corrected chi connectivity index (χ2v) is 6.81. The number of carbonyl (C=O) groups excluding carboxylic acids is 1. The fourth-order valence-corrected chi connectivity index (χ4v) is 3.49. The van der Waals surface area contributed by atoms with Crippen LogP contribution in [0.25, 0.3) is 0 Å². The number of aryl methyl sites for hydroxylation is 2. The van der Waals surface area contributed by atoms with Crippen LogP contribution in [0.3, 0.4) is 0 Å². The van der Waals surface area contributed by atoms with Gasteiger partial charge in [0.2, 0.25) is 5.91 Å².